The molecule has 23 heavy (non-hydrogen) atoms. The summed E-state index contributed by atoms with van der Waals surface area (Å²) >= 11 is 0. The van der Waals surface area contributed by atoms with E-state index in [-0.39, 0.29) is 17.3 Å². The van der Waals surface area contributed by atoms with Gasteiger partial charge in [0.25, 0.3) is 5.56 Å². The van der Waals surface area contributed by atoms with Gasteiger partial charge in [-0.1, -0.05) is 24.3 Å². The molecule has 0 unspecified atom stereocenters. The number of aromatic amines is 1. The monoisotopic (exact) mass is 314 g/mol. The van der Waals surface area contributed by atoms with Crippen LogP contribution in [0.2, 0.25) is 0 Å². The molecule has 1 aromatic carbocycles. The second-order valence-electron chi connectivity index (χ2n) is 5.46. The number of carbonyl (C=O) groups is 2. The van der Waals surface area contributed by atoms with Gasteiger partial charge in [-0.25, -0.2) is 9.59 Å². The summed E-state index contributed by atoms with van der Waals surface area (Å²) in [5.41, 5.74) is 4.86. The van der Waals surface area contributed by atoms with Crippen molar-refractivity contribution in [3.8, 4) is 11.1 Å². The van der Waals surface area contributed by atoms with Crippen molar-refractivity contribution in [1.82, 2.24) is 4.98 Å². The molecule has 1 aliphatic carbocycles. The van der Waals surface area contributed by atoms with Crippen molar-refractivity contribution in [1.29, 1.82) is 0 Å². The number of H-pyrrole nitrogens is 1. The summed E-state index contributed by atoms with van der Waals surface area (Å²) in [6.45, 7) is 0. The molecule has 118 valence electrons. The molecule has 5 N–H and O–H groups in total. The summed E-state index contributed by atoms with van der Waals surface area (Å²) < 4.78 is 0. The molecule has 0 bridgehead atoms. The molecule has 1 aliphatic rings. The van der Waals surface area contributed by atoms with Crippen molar-refractivity contribution >= 4 is 17.8 Å². The number of benzene rings is 1. The highest BCUT2D eigenvalue weighted by Gasteiger charge is 2.31. The predicted molar refractivity (Wildman–Crippen MR) is 82.8 cm³/mol. The number of rotatable bonds is 4. The standard InChI is InChI=1S/C16H14N2O5/c17-13-11(15(20)21)10(12(16(22)23)14(19)18-13)9-4-2-1-3-8(9)7-5-6-7/h1-4,7H,5-6H2,(H,20,21)(H,22,23)(H3,17,18,19). The van der Waals surface area contributed by atoms with E-state index in [0.29, 0.717) is 5.56 Å². The van der Waals surface area contributed by atoms with Gasteiger partial charge in [-0.2, -0.15) is 0 Å². The molecule has 0 radical (unpaired) electrons. The quantitative estimate of drug-likeness (QED) is 0.681. The number of nitrogen functional groups attached to an aromatic ring is 1. The summed E-state index contributed by atoms with van der Waals surface area (Å²) in [6, 6.07) is 6.92. The minimum Gasteiger partial charge on any atom is -0.478 e. The van der Waals surface area contributed by atoms with Gasteiger partial charge in [-0.3, -0.25) is 4.79 Å². The van der Waals surface area contributed by atoms with E-state index in [4.69, 9.17) is 5.73 Å². The maximum absolute atomic E-state index is 12.0. The van der Waals surface area contributed by atoms with Crippen molar-refractivity contribution in [2.45, 2.75) is 18.8 Å². The molecule has 1 heterocycles. The van der Waals surface area contributed by atoms with E-state index < -0.39 is 28.6 Å². The van der Waals surface area contributed by atoms with Crippen LogP contribution in [0, 0.1) is 0 Å². The van der Waals surface area contributed by atoms with Crippen LogP contribution in [0.4, 0.5) is 5.82 Å². The number of nitrogens with one attached hydrogen (secondary N) is 1. The third-order valence-electron chi connectivity index (χ3n) is 3.92. The lowest BCUT2D eigenvalue weighted by Gasteiger charge is -2.15. The SMILES string of the molecule is Nc1[nH]c(=O)c(C(=O)O)c(-c2ccccc2C2CC2)c1C(=O)O. The minimum absolute atomic E-state index is 0.131. The number of carboxylic acid groups (broad SMARTS) is 2. The van der Waals surface area contributed by atoms with Gasteiger partial charge in [0.1, 0.15) is 16.9 Å². The van der Waals surface area contributed by atoms with Crippen LogP contribution in [-0.4, -0.2) is 27.1 Å². The number of hydrogen-bond acceptors (Lipinski definition) is 4. The zero-order chi connectivity index (χ0) is 16.7. The number of anilines is 1. The molecule has 0 atom stereocenters. The topological polar surface area (TPSA) is 133 Å². The lowest BCUT2D eigenvalue weighted by Crippen LogP contribution is -2.24. The average Bonchev–Trinajstić information content (AvgIpc) is 3.30. The van der Waals surface area contributed by atoms with Crippen molar-refractivity contribution in [3.63, 3.8) is 0 Å². The molecule has 0 aliphatic heterocycles. The smallest absolute Gasteiger partial charge is 0.342 e. The highest BCUT2D eigenvalue weighted by atomic mass is 16.4. The van der Waals surface area contributed by atoms with Crippen molar-refractivity contribution in [2.24, 2.45) is 0 Å². The minimum atomic E-state index is -1.49. The summed E-state index contributed by atoms with van der Waals surface area (Å²) in [6.07, 6.45) is 1.89. The molecule has 1 aromatic heterocycles. The first-order chi connectivity index (χ1) is 10.9. The molecule has 0 amide bonds. The van der Waals surface area contributed by atoms with Gasteiger partial charge in [-0.05, 0) is 29.9 Å². The van der Waals surface area contributed by atoms with Crippen LogP contribution in [0.3, 0.4) is 0 Å². The van der Waals surface area contributed by atoms with Crippen LogP contribution in [0.1, 0.15) is 45.0 Å². The number of hydrogen-bond donors (Lipinski definition) is 4. The maximum Gasteiger partial charge on any atom is 0.342 e. The lowest BCUT2D eigenvalue weighted by molar-refractivity contribution is 0.0695. The second-order valence-corrected chi connectivity index (χ2v) is 5.46. The fraction of sp³-hybridized carbons (Fsp3) is 0.188. The Morgan fingerprint density at radius 1 is 1.09 bits per heavy atom. The van der Waals surface area contributed by atoms with Crippen LogP contribution >= 0.6 is 0 Å². The fourth-order valence-corrected chi connectivity index (χ4v) is 2.79. The van der Waals surface area contributed by atoms with Crippen LogP contribution in [-0.2, 0) is 0 Å². The molecule has 7 heteroatoms. The molecule has 3 rings (SSSR count). The lowest BCUT2D eigenvalue weighted by atomic mass is 9.90. The average molecular weight is 314 g/mol. The number of aromatic carboxylic acids is 2. The number of pyridine rings is 1. The molecular formula is C16H14N2O5. The zero-order valence-electron chi connectivity index (χ0n) is 12.0. The highest BCUT2D eigenvalue weighted by Crippen LogP contribution is 2.45. The number of nitrogens with two attached hydrogens (primary N) is 1. The van der Waals surface area contributed by atoms with Gasteiger partial charge in [0.05, 0.1) is 0 Å². The van der Waals surface area contributed by atoms with Gasteiger partial charge in [0.15, 0.2) is 0 Å². The van der Waals surface area contributed by atoms with Crippen LogP contribution in [0.5, 0.6) is 0 Å². The third kappa shape index (κ3) is 2.46. The van der Waals surface area contributed by atoms with Gasteiger partial charge >= 0.3 is 11.9 Å². The van der Waals surface area contributed by atoms with E-state index in [9.17, 15) is 24.6 Å². The predicted octanol–water partition coefficient (Wildman–Crippen LogP) is 1.90. The Balaban J connectivity index is 2.44. The van der Waals surface area contributed by atoms with Gasteiger partial charge in [0.2, 0.25) is 0 Å². The van der Waals surface area contributed by atoms with Crippen LogP contribution < -0.4 is 11.3 Å². The molecule has 1 fully saturated rings. The largest absolute Gasteiger partial charge is 0.478 e. The van der Waals surface area contributed by atoms with E-state index in [0.717, 1.165) is 18.4 Å². The van der Waals surface area contributed by atoms with Crippen molar-refractivity contribution in [2.75, 3.05) is 5.73 Å². The van der Waals surface area contributed by atoms with Gasteiger partial charge in [0, 0.05) is 5.56 Å². The summed E-state index contributed by atoms with van der Waals surface area (Å²) in [5.74, 6) is -2.99. The highest BCUT2D eigenvalue weighted by molar-refractivity contribution is 6.07. The van der Waals surface area contributed by atoms with E-state index in [1.54, 1.807) is 18.2 Å². The molecular weight excluding hydrogens is 300 g/mol. The Morgan fingerprint density at radius 2 is 1.70 bits per heavy atom. The van der Waals surface area contributed by atoms with Crippen molar-refractivity contribution < 1.29 is 19.8 Å². The van der Waals surface area contributed by atoms with Gasteiger partial charge < -0.3 is 20.9 Å². The Bertz CT molecular complexity index is 881. The Labute approximate surface area is 130 Å². The number of aromatic nitrogens is 1. The number of carboxylic acids is 2. The molecule has 0 saturated heterocycles. The van der Waals surface area contributed by atoms with Crippen LogP contribution in [0.25, 0.3) is 11.1 Å². The summed E-state index contributed by atoms with van der Waals surface area (Å²) in [5, 5.41) is 18.9. The van der Waals surface area contributed by atoms with Gasteiger partial charge in [-0.15, -0.1) is 0 Å². The van der Waals surface area contributed by atoms with E-state index in [1.807, 2.05) is 6.07 Å². The normalized spacial score (nSPS) is 13.7. The fourth-order valence-electron chi connectivity index (χ4n) is 2.79. The Hall–Kier alpha value is -3.09. The maximum atomic E-state index is 12.0. The first-order valence-corrected chi connectivity index (χ1v) is 7.03. The molecule has 1 saturated carbocycles. The zero-order valence-corrected chi connectivity index (χ0v) is 12.0. The third-order valence-corrected chi connectivity index (χ3v) is 3.92. The second kappa shape index (κ2) is 5.28. The van der Waals surface area contributed by atoms with E-state index >= 15 is 0 Å². The molecule has 0 spiro atoms. The first kappa shape index (κ1) is 14.8. The molecule has 7 nitrogen and oxygen atoms in total. The Kier molecular flexibility index (Phi) is 3.40. The van der Waals surface area contributed by atoms with E-state index in [2.05, 4.69) is 4.98 Å². The first-order valence-electron chi connectivity index (χ1n) is 7.03. The summed E-state index contributed by atoms with van der Waals surface area (Å²) in [4.78, 5) is 37.3. The van der Waals surface area contributed by atoms with Crippen molar-refractivity contribution in [3.05, 3.63) is 51.3 Å². The van der Waals surface area contributed by atoms with E-state index in [1.165, 1.54) is 0 Å². The summed E-state index contributed by atoms with van der Waals surface area (Å²) in [7, 11) is 0. The molecule has 2 aromatic rings. The van der Waals surface area contributed by atoms with Crippen LogP contribution in [0.15, 0.2) is 29.1 Å². The Morgan fingerprint density at radius 3 is 2.26 bits per heavy atom.